The molecule has 31 heavy (non-hydrogen) atoms. The van der Waals surface area contributed by atoms with Crippen molar-refractivity contribution in [1.29, 1.82) is 0 Å². The van der Waals surface area contributed by atoms with Crippen LogP contribution in [-0.2, 0) is 17.9 Å². The van der Waals surface area contributed by atoms with Gasteiger partial charge in [0.1, 0.15) is 0 Å². The molecule has 0 aliphatic rings. The number of nitro benzene ring substituents is 1. The van der Waals surface area contributed by atoms with Crippen LogP contribution >= 0.6 is 0 Å². The van der Waals surface area contributed by atoms with Crippen molar-refractivity contribution in [2.45, 2.75) is 39.9 Å². The van der Waals surface area contributed by atoms with E-state index in [1.807, 2.05) is 37.1 Å². The molecule has 0 fully saturated rings. The lowest BCUT2D eigenvalue weighted by molar-refractivity contribution is -0.384. The van der Waals surface area contributed by atoms with E-state index in [1.54, 1.807) is 18.2 Å². The number of non-ortho nitro benzene ring substituents is 1. The van der Waals surface area contributed by atoms with Crippen LogP contribution in [0.3, 0.4) is 0 Å². The smallest absolute Gasteiger partial charge is 0.269 e. The average Bonchev–Trinajstić information content (AvgIpc) is 3.18. The van der Waals surface area contributed by atoms with Crippen molar-refractivity contribution in [3.05, 3.63) is 105 Å². The zero-order valence-electron chi connectivity index (χ0n) is 18.1. The summed E-state index contributed by atoms with van der Waals surface area (Å²) in [5, 5.41) is 10.8. The molecule has 6 heteroatoms. The van der Waals surface area contributed by atoms with Gasteiger partial charge in [-0.25, -0.2) is 0 Å². The van der Waals surface area contributed by atoms with Gasteiger partial charge in [-0.05, 0) is 62.2 Å². The van der Waals surface area contributed by atoms with Crippen molar-refractivity contribution >= 4 is 17.7 Å². The molecule has 0 bridgehead atoms. The third kappa shape index (κ3) is 5.92. The van der Waals surface area contributed by atoms with Gasteiger partial charge in [0.2, 0.25) is 5.91 Å². The third-order valence-electron chi connectivity index (χ3n) is 5.16. The van der Waals surface area contributed by atoms with E-state index in [0.29, 0.717) is 6.54 Å². The Labute approximate surface area is 182 Å². The predicted molar refractivity (Wildman–Crippen MR) is 123 cm³/mol. The lowest BCUT2D eigenvalue weighted by atomic mass is 10.1. The first-order valence-corrected chi connectivity index (χ1v) is 10.3. The second kappa shape index (κ2) is 9.89. The molecule has 160 valence electrons. The molecule has 0 atom stereocenters. The summed E-state index contributed by atoms with van der Waals surface area (Å²) in [5.41, 5.74) is 4.27. The van der Waals surface area contributed by atoms with Crippen molar-refractivity contribution in [2.75, 3.05) is 0 Å². The SMILES string of the molecule is Cc1ccc(Cn2cccc2CN(C(=O)/C=C/c2ccc([N+](=O)[O-])cc2)C(C)C)cc1. The molecule has 0 radical (unpaired) electrons. The van der Waals surface area contributed by atoms with Crippen LogP contribution in [-0.4, -0.2) is 26.3 Å². The van der Waals surface area contributed by atoms with Crippen LogP contribution in [0.1, 0.15) is 36.2 Å². The number of carbonyl (C=O) groups excluding carboxylic acids is 1. The lowest BCUT2D eigenvalue weighted by Gasteiger charge is -2.26. The maximum atomic E-state index is 12.9. The van der Waals surface area contributed by atoms with Crippen molar-refractivity contribution in [3.8, 4) is 0 Å². The second-order valence-corrected chi connectivity index (χ2v) is 7.85. The fourth-order valence-electron chi connectivity index (χ4n) is 3.30. The van der Waals surface area contributed by atoms with Crippen LogP contribution in [0.15, 0.2) is 72.9 Å². The Balaban J connectivity index is 1.71. The number of amides is 1. The first-order chi connectivity index (χ1) is 14.8. The molecule has 0 N–H and O–H groups in total. The van der Waals surface area contributed by atoms with Gasteiger partial charge < -0.3 is 9.47 Å². The van der Waals surface area contributed by atoms with Crippen molar-refractivity contribution in [2.24, 2.45) is 0 Å². The standard InChI is InChI=1S/C25H27N3O3/c1-19(2)27(25(29)15-12-21-10-13-23(14-11-21)28(30)31)18-24-5-4-16-26(24)17-22-8-6-20(3)7-9-22/h4-16,19H,17-18H2,1-3H3/b15-12+. The quantitative estimate of drug-likeness (QED) is 0.287. The van der Waals surface area contributed by atoms with E-state index in [4.69, 9.17) is 0 Å². The number of carbonyl (C=O) groups is 1. The summed E-state index contributed by atoms with van der Waals surface area (Å²) in [6, 6.07) is 18.6. The summed E-state index contributed by atoms with van der Waals surface area (Å²) < 4.78 is 2.16. The molecule has 0 spiro atoms. The van der Waals surface area contributed by atoms with Gasteiger partial charge in [0.15, 0.2) is 0 Å². The first-order valence-electron chi connectivity index (χ1n) is 10.3. The molecule has 1 aromatic heterocycles. The van der Waals surface area contributed by atoms with Crippen LogP contribution in [0, 0.1) is 17.0 Å². The molecule has 0 saturated heterocycles. The summed E-state index contributed by atoms with van der Waals surface area (Å²) in [6.07, 6.45) is 5.24. The Hall–Kier alpha value is -3.67. The van der Waals surface area contributed by atoms with Crippen LogP contribution in [0.2, 0.25) is 0 Å². The molecule has 3 rings (SSSR count). The molecule has 2 aromatic carbocycles. The van der Waals surface area contributed by atoms with Gasteiger partial charge in [-0.15, -0.1) is 0 Å². The first kappa shape index (κ1) is 22.0. The van der Waals surface area contributed by atoms with Gasteiger partial charge in [0.05, 0.1) is 11.5 Å². The molecule has 0 unspecified atom stereocenters. The second-order valence-electron chi connectivity index (χ2n) is 7.85. The summed E-state index contributed by atoms with van der Waals surface area (Å²) >= 11 is 0. The highest BCUT2D eigenvalue weighted by molar-refractivity contribution is 5.92. The minimum atomic E-state index is -0.440. The van der Waals surface area contributed by atoms with Crippen molar-refractivity contribution < 1.29 is 9.72 Å². The van der Waals surface area contributed by atoms with E-state index in [1.165, 1.54) is 29.3 Å². The minimum Gasteiger partial charge on any atom is -0.345 e. The summed E-state index contributed by atoms with van der Waals surface area (Å²) in [5.74, 6) is -0.101. The van der Waals surface area contributed by atoms with Crippen LogP contribution in [0.5, 0.6) is 0 Å². The number of benzene rings is 2. The highest BCUT2D eigenvalue weighted by Gasteiger charge is 2.17. The normalized spacial score (nSPS) is 11.2. The molecule has 0 aliphatic heterocycles. The number of rotatable bonds is 8. The van der Waals surface area contributed by atoms with Crippen LogP contribution < -0.4 is 0 Å². The molecule has 1 amide bonds. The Morgan fingerprint density at radius 3 is 2.39 bits per heavy atom. The number of nitrogens with zero attached hydrogens (tertiary/aromatic N) is 3. The number of hydrogen-bond donors (Lipinski definition) is 0. The molecule has 1 heterocycles. The average molecular weight is 418 g/mol. The van der Waals surface area contributed by atoms with E-state index in [0.717, 1.165) is 17.8 Å². The monoisotopic (exact) mass is 417 g/mol. The number of nitro groups is 1. The maximum absolute atomic E-state index is 12.9. The summed E-state index contributed by atoms with van der Waals surface area (Å²) in [6.45, 7) is 7.30. The molecular formula is C25H27N3O3. The van der Waals surface area contributed by atoms with Gasteiger partial charge in [-0.1, -0.05) is 29.8 Å². The van der Waals surface area contributed by atoms with Gasteiger partial charge in [-0.2, -0.15) is 0 Å². The van der Waals surface area contributed by atoms with Crippen LogP contribution in [0.25, 0.3) is 6.08 Å². The maximum Gasteiger partial charge on any atom is 0.269 e. The predicted octanol–water partition coefficient (Wildman–Crippen LogP) is 5.20. The number of aromatic nitrogens is 1. The molecular weight excluding hydrogens is 390 g/mol. The lowest BCUT2D eigenvalue weighted by Crippen LogP contribution is -2.35. The Bertz CT molecular complexity index is 1060. The fraction of sp³-hybridized carbons (Fsp3) is 0.240. The topological polar surface area (TPSA) is 68.4 Å². The van der Waals surface area contributed by atoms with Crippen LogP contribution in [0.4, 0.5) is 5.69 Å². The molecule has 3 aromatic rings. The summed E-state index contributed by atoms with van der Waals surface area (Å²) in [7, 11) is 0. The molecule has 0 saturated carbocycles. The summed E-state index contributed by atoms with van der Waals surface area (Å²) in [4.78, 5) is 25.0. The van der Waals surface area contributed by atoms with E-state index in [-0.39, 0.29) is 17.6 Å². The van der Waals surface area contributed by atoms with E-state index in [2.05, 4.69) is 35.8 Å². The minimum absolute atomic E-state index is 0.0248. The highest BCUT2D eigenvalue weighted by atomic mass is 16.6. The van der Waals surface area contributed by atoms with Gasteiger partial charge in [0, 0.05) is 42.7 Å². The van der Waals surface area contributed by atoms with Crippen molar-refractivity contribution in [3.63, 3.8) is 0 Å². The van der Waals surface area contributed by atoms with Crippen molar-refractivity contribution in [1.82, 2.24) is 9.47 Å². The van der Waals surface area contributed by atoms with Gasteiger partial charge >= 0.3 is 0 Å². The largest absolute Gasteiger partial charge is 0.345 e. The van der Waals surface area contributed by atoms with Gasteiger partial charge in [-0.3, -0.25) is 14.9 Å². The highest BCUT2D eigenvalue weighted by Crippen LogP contribution is 2.16. The van der Waals surface area contributed by atoms with E-state index >= 15 is 0 Å². The molecule has 6 nitrogen and oxygen atoms in total. The Morgan fingerprint density at radius 1 is 1.10 bits per heavy atom. The van der Waals surface area contributed by atoms with E-state index < -0.39 is 4.92 Å². The Morgan fingerprint density at radius 2 is 1.77 bits per heavy atom. The Kier molecular flexibility index (Phi) is 7.03. The van der Waals surface area contributed by atoms with Gasteiger partial charge in [0.25, 0.3) is 5.69 Å². The molecule has 0 aliphatic carbocycles. The number of hydrogen-bond acceptors (Lipinski definition) is 3. The number of aryl methyl sites for hydroxylation is 1. The fourth-order valence-corrected chi connectivity index (χ4v) is 3.30. The zero-order chi connectivity index (χ0) is 22.4. The van der Waals surface area contributed by atoms with E-state index in [9.17, 15) is 14.9 Å². The zero-order valence-corrected chi connectivity index (χ0v) is 18.1. The third-order valence-corrected chi connectivity index (χ3v) is 5.16.